The van der Waals surface area contributed by atoms with Crippen LogP contribution in [0.2, 0.25) is 0 Å². The van der Waals surface area contributed by atoms with Crippen molar-refractivity contribution in [1.82, 2.24) is 0 Å². The van der Waals surface area contributed by atoms with Gasteiger partial charge in [0.1, 0.15) is 0 Å². The summed E-state index contributed by atoms with van der Waals surface area (Å²) in [6.07, 6.45) is 25.7. The Morgan fingerprint density at radius 2 is 0.517 bits per heavy atom. The van der Waals surface area contributed by atoms with Gasteiger partial charge in [-0.25, -0.2) is 0 Å². The molecule has 4 nitrogen and oxygen atoms in total. The SMILES string of the molecule is C1CCC(O[Si](OC2CCCCC2)(OC2CCCCC2)OC2CCCCC2)CC1. The molecule has 0 bridgehead atoms. The summed E-state index contributed by atoms with van der Waals surface area (Å²) < 4.78 is 27.4. The maximum Gasteiger partial charge on any atom is 0.680 e. The maximum atomic E-state index is 6.86. The lowest BCUT2D eigenvalue weighted by molar-refractivity contribution is -0.121. The second-order valence-corrected chi connectivity index (χ2v) is 12.0. The monoisotopic (exact) mass is 424 g/mol. The third-order valence-electron chi connectivity index (χ3n) is 7.45. The van der Waals surface area contributed by atoms with Gasteiger partial charge in [-0.3, -0.25) is 0 Å². The first-order valence-electron chi connectivity index (χ1n) is 13.0. The van der Waals surface area contributed by atoms with Crippen molar-refractivity contribution >= 4 is 9.05 Å². The van der Waals surface area contributed by atoms with E-state index < -0.39 is 9.05 Å². The summed E-state index contributed by atoms with van der Waals surface area (Å²) in [7, 11) is -3.15. The summed E-state index contributed by atoms with van der Waals surface area (Å²) in [6.45, 7) is 0. The quantitative estimate of drug-likeness (QED) is 0.401. The zero-order chi connectivity index (χ0) is 19.8. The van der Waals surface area contributed by atoms with Gasteiger partial charge in [-0.15, -0.1) is 0 Å². The molecule has 0 aromatic heterocycles. The largest absolute Gasteiger partial charge is 0.680 e. The Labute approximate surface area is 179 Å². The van der Waals surface area contributed by atoms with E-state index in [1.54, 1.807) is 0 Å². The zero-order valence-electron chi connectivity index (χ0n) is 18.6. The van der Waals surface area contributed by atoms with Crippen molar-refractivity contribution in [2.75, 3.05) is 0 Å². The summed E-state index contributed by atoms with van der Waals surface area (Å²) in [4.78, 5) is 0. The molecule has 168 valence electrons. The summed E-state index contributed by atoms with van der Waals surface area (Å²) in [5, 5.41) is 0. The molecule has 29 heavy (non-hydrogen) atoms. The molecular weight excluding hydrogens is 380 g/mol. The predicted molar refractivity (Wildman–Crippen MR) is 118 cm³/mol. The Morgan fingerprint density at radius 1 is 0.310 bits per heavy atom. The van der Waals surface area contributed by atoms with Crippen LogP contribution in [0.25, 0.3) is 0 Å². The van der Waals surface area contributed by atoms with Crippen molar-refractivity contribution in [2.24, 2.45) is 0 Å². The summed E-state index contributed by atoms with van der Waals surface area (Å²) in [5.74, 6) is 0. The van der Waals surface area contributed by atoms with Gasteiger partial charge < -0.3 is 17.7 Å². The van der Waals surface area contributed by atoms with Crippen LogP contribution in [0.4, 0.5) is 0 Å². The molecule has 0 amide bonds. The maximum absolute atomic E-state index is 6.86. The molecule has 4 aliphatic rings. The third kappa shape index (κ3) is 7.03. The van der Waals surface area contributed by atoms with Crippen molar-refractivity contribution in [3.8, 4) is 0 Å². The lowest BCUT2D eigenvalue weighted by atomic mass is 9.98. The predicted octanol–water partition coefficient (Wildman–Crippen LogP) is 6.82. The second kappa shape index (κ2) is 11.6. The third-order valence-corrected chi connectivity index (χ3v) is 9.94. The van der Waals surface area contributed by atoms with Gasteiger partial charge in [-0.1, -0.05) is 77.0 Å². The summed E-state index contributed by atoms with van der Waals surface area (Å²) in [6, 6.07) is 0. The molecule has 0 heterocycles. The molecular formula is C24H44O4Si. The number of hydrogen-bond acceptors (Lipinski definition) is 4. The van der Waals surface area contributed by atoms with E-state index in [0.29, 0.717) is 0 Å². The molecule has 4 aliphatic carbocycles. The molecule has 0 saturated heterocycles. The van der Waals surface area contributed by atoms with Gasteiger partial charge in [0.15, 0.2) is 0 Å². The first kappa shape index (κ1) is 22.3. The minimum Gasteiger partial charge on any atom is -0.348 e. The van der Waals surface area contributed by atoms with Gasteiger partial charge in [-0.05, 0) is 51.4 Å². The second-order valence-electron chi connectivity index (χ2n) is 10.0. The van der Waals surface area contributed by atoms with Crippen LogP contribution in [-0.2, 0) is 17.7 Å². The van der Waals surface area contributed by atoms with E-state index >= 15 is 0 Å². The summed E-state index contributed by atoms with van der Waals surface area (Å²) >= 11 is 0. The van der Waals surface area contributed by atoms with Gasteiger partial charge in [0.05, 0.1) is 24.4 Å². The molecule has 4 fully saturated rings. The fourth-order valence-corrected chi connectivity index (χ4v) is 8.62. The highest BCUT2D eigenvalue weighted by molar-refractivity contribution is 6.53. The minimum absolute atomic E-state index is 0.270. The minimum atomic E-state index is -3.15. The summed E-state index contributed by atoms with van der Waals surface area (Å²) in [5.41, 5.74) is 0. The smallest absolute Gasteiger partial charge is 0.348 e. The lowest BCUT2D eigenvalue weighted by Crippen LogP contribution is -2.57. The first-order chi connectivity index (χ1) is 14.3. The fraction of sp³-hybridized carbons (Fsp3) is 1.00. The highest BCUT2D eigenvalue weighted by Gasteiger charge is 2.53. The molecule has 0 N–H and O–H groups in total. The van der Waals surface area contributed by atoms with Crippen molar-refractivity contribution in [3.63, 3.8) is 0 Å². The molecule has 0 aromatic rings. The van der Waals surface area contributed by atoms with E-state index in [0.717, 1.165) is 51.4 Å². The van der Waals surface area contributed by atoms with Gasteiger partial charge in [0, 0.05) is 0 Å². The van der Waals surface area contributed by atoms with Gasteiger partial charge in [-0.2, -0.15) is 0 Å². The van der Waals surface area contributed by atoms with E-state index in [1.807, 2.05) is 0 Å². The Kier molecular flexibility index (Phi) is 8.91. The number of hydrogen-bond donors (Lipinski definition) is 0. The fourth-order valence-electron chi connectivity index (χ4n) is 5.72. The van der Waals surface area contributed by atoms with Crippen LogP contribution < -0.4 is 0 Å². The Balaban J connectivity index is 1.51. The van der Waals surface area contributed by atoms with Crippen molar-refractivity contribution in [1.29, 1.82) is 0 Å². The van der Waals surface area contributed by atoms with Crippen molar-refractivity contribution in [2.45, 2.75) is 153 Å². The van der Waals surface area contributed by atoms with Gasteiger partial charge >= 0.3 is 9.05 Å². The van der Waals surface area contributed by atoms with Crippen LogP contribution in [0.3, 0.4) is 0 Å². The van der Waals surface area contributed by atoms with E-state index in [4.69, 9.17) is 17.7 Å². The Morgan fingerprint density at radius 3 is 0.724 bits per heavy atom. The molecule has 4 rings (SSSR count). The molecule has 0 atom stereocenters. The zero-order valence-corrected chi connectivity index (χ0v) is 19.6. The highest BCUT2D eigenvalue weighted by Crippen LogP contribution is 2.35. The molecule has 5 heteroatoms. The van der Waals surface area contributed by atoms with Crippen molar-refractivity contribution < 1.29 is 17.7 Å². The van der Waals surface area contributed by atoms with E-state index in [9.17, 15) is 0 Å². The van der Waals surface area contributed by atoms with E-state index in [2.05, 4.69) is 0 Å². The van der Waals surface area contributed by atoms with Crippen molar-refractivity contribution in [3.05, 3.63) is 0 Å². The average molecular weight is 425 g/mol. The molecule has 0 spiro atoms. The van der Waals surface area contributed by atoms with Crippen LogP contribution in [0.1, 0.15) is 128 Å². The van der Waals surface area contributed by atoms with Crippen LogP contribution >= 0.6 is 0 Å². The molecule has 0 unspecified atom stereocenters. The highest BCUT2D eigenvalue weighted by atomic mass is 28.4. The first-order valence-corrected chi connectivity index (χ1v) is 14.7. The Bertz CT molecular complexity index is 364. The Hall–Kier alpha value is 0.0569. The van der Waals surface area contributed by atoms with E-state index in [1.165, 1.54) is 77.0 Å². The molecule has 0 radical (unpaired) electrons. The van der Waals surface area contributed by atoms with Crippen LogP contribution in [-0.4, -0.2) is 33.5 Å². The standard InChI is InChI=1S/C24H44O4Si/c1-5-13-21(14-6-1)25-29(26-22-15-7-2-8-16-22,27-23-17-9-3-10-18-23)28-24-19-11-4-12-20-24/h21-24H,1-20H2. The average Bonchev–Trinajstić information content (AvgIpc) is 2.76. The van der Waals surface area contributed by atoms with Crippen LogP contribution in [0.15, 0.2) is 0 Å². The van der Waals surface area contributed by atoms with Gasteiger partial charge in [0.25, 0.3) is 0 Å². The van der Waals surface area contributed by atoms with Crippen LogP contribution in [0, 0.1) is 0 Å². The number of rotatable bonds is 8. The normalized spacial score (nSPS) is 27.3. The lowest BCUT2D eigenvalue weighted by Gasteiger charge is -2.41. The molecule has 0 aromatic carbocycles. The topological polar surface area (TPSA) is 36.9 Å². The van der Waals surface area contributed by atoms with Gasteiger partial charge in [0.2, 0.25) is 0 Å². The molecule has 0 aliphatic heterocycles. The van der Waals surface area contributed by atoms with E-state index in [-0.39, 0.29) is 24.4 Å². The van der Waals surface area contributed by atoms with Crippen LogP contribution in [0.5, 0.6) is 0 Å². The molecule has 4 saturated carbocycles.